The Morgan fingerprint density at radius 1 is 1.04 bits per heavy atom. The van der Waals surface area contributed by atoms with E-state index >= 15 is 0 Å². The van der Waals surface area contributed by atoms with Gasteiger partial charge in [0.05, 0.1) is 20.6 Å². The van der Waals surface area contributed by atoms with Gasteiger partial charge in [0, 0.05) is 24.6 Å². The monoisotopic (exact) mass is 390 g/mol. The van der Waals surface area contributed by atoms with Crippen LogP contribution < -0.4 is 15.2 Å². The molecule has 1 amide bonds. The zero-order valence-electron chi connectivity index (χ0n) is 15.8. The largest absolute Gasteiger partial charge is 0.496 e. The molecule has 1 heterocycles. The van der Waals surface area contributed by atoms with E-state index in [-0.39, 0.29) is 36.6 Å². The number of carbonyl (C=O) groups excluding carboxylic acids is 1. The third-order valence-electron chi connectivity index (χ3n) is 5.18. The maximum absolute atomic E-state index is 13.0. The molecule has 27 heavy (non-hydrogen) atoms. The van der Waals surface area contributed by atoms with Gasteiger partial charge >= 0.3 is 0 Å². The molecule has 0 spiro atoms. The molecule has 0 bridgehead atoms. The summed E-state index contributed by atoms with van der Waals surface area (Å²) in [6.07, 6.45) is 0.256. The third kappa shape index (κ3) is 4.54. The molecule has 0 unspecified atom stereocenters. The summed E-state index contributed by atoms with van der Waals surface area (Å²) in [5.74, 6) is 1.98. The van der Waals surface area contributed by atoms with Crippen molar-refractivity contribution in [3.63, 3.8) is 0 Å². The van der Waals surface area contributed by atoms with Gasteiger partial charge in [0.2, 0.25) is 5.91 Å². The molecule has 1 saturated heterocycles. The Kier molecular flexibility index (Phi) is 7.51. The third-order valence-corrected chi connectivity index (χ3v) is 5.18. The number of nitrogens with two attached hydrogens (primary N) is 1. The highest BCUT2D eigenvalue weighted by Crippen LogP contribution is 2.34. The van der Waals surface area contributed by atoms with Crippen molar-refractivity contribution in [1.29, 1.82) is 0 Å². The molecule has 0 saturated carbocycles. The summed E-state index contributed by atoms with van der Waals surface area (Å²) in [5, 5.41) is 0. The van der Waals surface area contributed by atoms with Crippen LogP contribution in [0, 0.1) is 5.92 Å². The number of amides is 1. The first kappa shape index (κ1) is 21.1. The van der Waals surface area contributed by atoms with Gasteiger partial charge in [-0.25, -0.2) is 0 Å². The number of rotatable bonds is 6. The topological polar surface area (TPSA) is 64.8 Å². The first-order valence-electron chi connectivity index (χ1n) is 8.90. The fourth-order valence-corrected chi connectivity index (χ4v) is 3.76. The second-order valence-corrected chi connectivity index (χ2v) is 6.63. The first-order chi connectivity index (χ1) is 12.7. The van der Waals surface area contributed by atoms with Gasteiger partial charge in [0.15, 0.2) is 0 Å². The van der Waals surface area contributed by atoms with Gasteiger partial charge in [-0.15, -0.1) is 12.4 Å². The quantitative estimate of drug-likeness (QED) is 0.823. The number of nitrogens with zero attached hydrogens (tertiary/aromatic N) is 1. The number of benzene rings is 2. The summed E-state index contributed by atoms with van der Waals surface area (Å²) in [6.45, 7) is 1.95. The highest BCUT2D eigenvalue weighted by molar-refractivity contribution is 5.85. The second kappa shape index (κ2) is 9.62. The molecule has 1 fully saturated rings. The summed E-state index contributed by atoms with van der Waals surface area (Å²) >= 11 is 0. The van der Waals surface area contributed by atoms with Gasteiger partial charge in [-0.3, -0.25) is 4.79 Å². The van der Waals surface area contributed by atoms with E-state index in [1.54, 1.807) is 14.2 Å². The van der Waals surface area contributed by atoms with Crippen LogP contribution in [0.15, 0.2) is 48.5 Å². The summed E-state index contributed by atoms with van der Waals surface area (Å²) in [5.41, 5.74) is 8.02. The van der Waals surface area contributed by atoms with Crippen molar-refractivity contribution < 1.29 is 14.3 Å². The van der Waals surface area contributed by atoms with Crippen molar-refractivity contribution in [2.75, 3.05) is 33.9 Å². The Bertz CT molecular complexity index is 732. The van der Waals surface area contributed by atoms with Crippen LogP contribution in [0.2, 0.25) is 0 Å². The minimum atomic E-state index is 0. The van der Waals surface area contributed by atoms with Gasteiger partial charge in [-0.2, -0.15) is 0 Å². The number of hydrogen-bond acceptors (Lipinski definition) is 4. The summed E-state index contributed by atoms with van der Waals surface area (Å²) in [7, 11) is 3.21. The fraction of sp³-hybridized carbons (Fsp3) is 0.381. The van der Waals surface area contributed by atoms with Gasteiger partial charge < -0.3 is 20.1 Å². The van der Waals surface area contributed by atoms with Crippen molar-refractivity contribution in [2.45, 2.75) is 12.3 Å². The number of methoxy groups -OCH3 is 2. The molecule has 2 aromatic rings. The van der Waals surface area contributed by atoms with E-state index in [0.717, 1.165) is 5.56 Å². The van der Waals surface area contributed by atoms with Crippen molar-refractivity contribution >= 4 is 18.3 Å². The van der Waals surface area contributed by atoms with Crippen LogP contribution in [0.3, 0.4) is 0 Å². The van der Waals surface area contributed by atoms with E-state index in [1.807, 2.05) is 41.3 Å². The van der Waals surface area contributed by atoms with Gasteiger partial charge in [-0.05, 0) is 30.2 Å². The van der Waals surface area contributed by atoms with E-state index in [0.29, 0.717) is 31.1 Å². The molecule has 2 aromatic carbocycles. The molecule has 2 atom stereocenters. The first-order valence-corrected chi connectivity index (χ1v) is 8.90. The van der Waals surface area contributed by atoms with Crippen LogP contribution in [0.5, 0.6) is 11.5 Å². The number of hydrogen-bond donors (Lipinski definition) is 1. The lowest BCUT2D eigenvalue weighted by atomic mass is 9.89. The molecular weight excluding hydrogens is 364 g/mol. The van der Waals surface area contributed by atoms with Crippen LogP contribution in [0.25, 0.3) is 0 Å². The fourth-order valence-electron chi connectivity index (χ4n) is 3.76. The molecule has 3 rings (SSSR count). The molecular formula is C21H27ClN2O3. The number of carbonyl (C=O) groups is 1. The average molecular weight is 391 g/mol. The van der Waals surface area contributed by atoms with E-state index < -0.39 is 0 Å². The maximum Gasteiger partial charge on any atom is 0.227 e. The van der Waals surface area contributed by atoms with Crippen LogP contribution in [-0.4, -0.2) is 44.7 Å². The van der Waals surface area contributed by atoms with Crippen LogP contribution >= 0.6 is 12.4 Å². The molecule has 0 aromatic heterocycles. The van der Waals surface area contributed by atoms with Gasteiger partial charge in [0.1, 0.15) is 11.5 Å². The Hall–Kier alpha value is -2.24. The minimum Gasteiger partial charge on any atom is -0.496 e. The Labute approximate surface area is 166 Å². The Balaban J connectivity index is 0.00000261. The van der Waals surface area contributed by atoms with E-state index in [1.165, 1.54) is 5.56 Å². The smallest absolute Gasteiger partial charge is 0.227 e. The van der Waals surface area contributed by atoms with E-state index in [9.17, 15) is 4.79 Å². The zero-order valence-corrected chi connectivity index (χ0v) is 16.6. The van der Waals surface area contributed by atoms with E-state index in [4.69, 9.17) is 15.2 Å². The number of ether oxygens (including phenoxy) is 2. The summed E-state index contributed by atoms with van der Waals surface area (Å²) < 4.78 is 10.8. The predicted octanol–water partition coefficient (Wildman–Crippen LogP) is 2.87. The lowest BCUT2D eigenvalue weighted by Gasteiger charge is -2.19. The second-order valence-electron chi connectivity index (χ2n) is 6.63. The molecule has 2 N–H and O–H groups in total. The number of likely N-dealkylation sites (tertiary alicyclic amines) is 1. The van der Waals surface area contributed by atoms with Crippen LogP contribution in [0.4, 0.5) is 0 Å². The summed E-state index contributed by atoms with van der Waals surface area (Å²) in [4.78, 5) is 14.9. The number of halogens is 1. The molecule has 0 aliphatic carbocycles. The zero-order chi connectivity index (χ0) is 18.5. The van der Waals surface area contributed by atoms with Crippen molar-refractivity contribution in [2.24, 2.45) is 11.7 Å². The van der Waals surface area contributed by atoms with Crippen molar-refractivity contribution in [3.8, 4) is 11.5 Å². The highest BCUT2D eigenvalue weighted by Gasteiger charge is 2.35. The molecule has 0 radical (unpaired) electrons. The SMILES string of the molecule is COc1cccc(OC)c1CC(=O)N1C[C@@H](CN)[C@H](c2ccccc2)C1.Cl. The molecule has 6 heteroatoms. The van der Waals surface area contributed by atoms with Crippen LogP contribution in [0.1, 0.15) is 17.0 Å². The summed E-state index contributed by atoms with van der Waals surface area (Å²) in [6, 6.07) is 15.9. The van der Waals surface area contributed by atoms with Crippen LogP contribution in [-0.2, 0) is 11.2 Å². The Morgan fingerprint density at radius 2 is 1.67 bits per heavy atom. The maximum atomic E-state index is 13.0. The average Bonchev–Trinajstić information content (AvgIpc) is 3.13. The van der Waals surface area contributed by atoms with Crippen molar-refractivity contribution in [1.82, 2.24) is 4.90 Å². The predicted molar refractivity (Wildman–Crippen MR) is 109 cm³/mol. The van der Waals surface area contributed by atoms with Gasteiger partial charge in [-0.1, -0.05) is 36.4 Å². The minimum absolute atomic E-state index is 0. The molecule has 1 aliphatic heterocycles. The van der Waals surface area contributed by atoms with Crippen molar-refractivity contribution in [3.05, 3.63) is 59.7 Å². The Morgan fingerprint density at radius 3 is 2.22 bits per heavy atom. The normalized spacial score (nSPS) is 18.7. The lowest BCUT2D eigenvalue weighted by molar-refractivity contribution is -0.129. The molecule has 5 nitrogen and oxygen atoms in total. The van der Waals surface area contributed by atoms with E-state index in [2.05, 4.69) is 12.1 Å². The standard InChI is InChI=1S/C21H26N2O3.ClH/c1-25-19-9-6-10-20(26-2)17(19)11-21(24)23-13-16(12-22)18(14-23)15-7-4-3-5-8-15;/h3-10,16,18H,11-14,22H2,1-2H3;1H/t16-,18+;/m1./s1. The molecule has 1 aliphatic rings. The molecule has 146 valence electrons. The lowest BCUT2D eigenvalue weighted by Crippen LogP contribution is -2.31. The van der Waals surface area contributed by atoms with Gasteiger partial charge in [0.25, 0.3) is 0 Å². The highest BCUT2D eigenvalue weighted by atomic mass is 35.5.